The van der Waals surface area contributed by atoms with Gasteiger partial charge in [0.05, 0.1) is 5.02 Å². The first-order valence-electron chi connectivity index (χ1n) is 8.04. The van der Waals surface area contributed by atoms with Crippen LogP contribution in [-0.4, -0.2) is 18.6 Å². The highest BCUT2D eigenvalue weighted by Crippen LogP contribution is 2.51. The van der Waals surface area contributed by atoms with Gasteiger partial charge in [0.15, 0.2) is 6.61 Å². The van der Waals surface area contributed by atoms with E-state index in [2.05, 4.69) is 33.4 Å². The maximum absolute atomic E-state index is 12.3. The van der Waals surface area contributed by atoms with E-state index in [4.69, 9.17) is 27.9 Å². The van der Waals surface area contributed by atoms with Gasteiger partial charge in [-0.2, -0.15) is 0 Å². The molecule has 0 aromatic heterocycles. The van der Waals surface area contributed by atoms with Gasteiger partial charge < -0.3 is 10.1 Å². The molecule has 1 saturated carbocycles. The van der Waals surface area contributed by atoms with Crippen molar-refractivity contribution < 1.29 is 9.53 Å². The fourth-order valence-corrected chi connectivity index (χ4v) is 3.77. The number of rotatable bonds is 6. The lowest BCUT2D eigenvalue weighted by Gasteiger charge is -2.25. The van der Waals surface area contributed by atoms with Crippen molar-refractivity contribution >= 4 is 45.0 Å². The number of carbonyl (C=O) groups is 1. The number of hydrogen-bond donors (Lipinski definition) is 1. The number of hydrogen-bond acceptors (Lipinski definition) is 2. The van der Waals surface area contributed by atoms with Crippen molar-refractivity contribution in [2.45, 2.75) is 31.2 Å². The van der Waals surface area contributed by atoms with Crippen molar-refractivity contribution in [1.29, 1.82) is 0 Å². The minimum Gasteiger partial charge on any atom is -0.482 e. The van der Waals surface area contributed by atoms with Gasteiger partial charge in [0.25, 0.3) is 5.91 Å². The highest BCUT2D eigenvalue weighted by atomic mass is 79.9. The van der Waals surface area contributed by atoms with Crippen molar-refractivity contribution in [3.63, 3.8) is 0 Å². The van der Waals surface area contributed by atoms with Gasteiger partial charge in [-0.05, 0) is 55.7 Å². The quantitative estimate of drug-likeness (QED) is 0.652. The highest BCUT2D eigenvalue weighted by Gasteiger charge is 2.49. The molecule has 3 nitrogen and oxygen atoms in total. The van der Waals surface area contributed by atoms with Crippen LogP contribution in [0.1, 0.15) is 25.3 Å². The fraction of sp³-hybridized carbons (Fsp3) is 0.316. The van der Waals surface area contributed by atoms with Gasteiger partial charge >= 0.3 is 0 Å². The summed E-state index contributed by atoms with van der Waals surface area (Å²) >= 11 is 15.4. The minimum atomic E-state index is -0.165. The lowest BCUT2D eigenvalue weighted by Crippen LogP contribution is -2.43. The highest BCUT2D eigenvalue weighted by molar-refractivity contribution is 9.10. The van der Waals surface area contributed by atoms with Crippen LogP contribution in [0.4, 0.5) is 0 Å². The summed E-state index contributed by atoms with van der Waals surface area (Å²) in [7, 11) is 0. The monoisotopic (exact) mass is 441 g/mol. The van der Waals surface area contributed by atoms with Gasteiger partial charge in [0, 0.05) is 21.0 Å². The van der Waals surface area contributed by atoms with Crippen LogP contribution in [0.3, 0.4) is 0 Å². The Morgan fingerprint density at radius 3 is 2.52 bits per heavy atom. The van der Waals surface area contributed by atoms with Crippen molar-refractivity contribution in [3.8, 4) is 5.75 Å². The van der Waals surface area contributed by atoms with Crippen LogP contribution in [0.2, 0.25) is 10.0 Å². The maximum atomic E-state index is 12.3. The molecule has 2 aromatic rings. The molecular formula is C19H18BrCl2NO2. The zero-order valence-corrected chi connectivity index (χ0v) is 16.8. The van der Waals surface area contributed by atoms with Gasteiger partial charge in [0.2, 0.25) is 0 Å². The lowest BCUT2D eigenvalue weighted by molar-refractivity contribution is -0.123. The van der Waals surface area contributed by atoms with Crippen LogP contribution in [0.25, 0.3) is 0 Å². The average Bonchev–Trinajstić information content (AvgIpc) is 3.36. The number of amides is 1. The number of halogens is 3. The predicted octanol–water partition coefficient (Wildman–Crippen LogP) is 5.37. The van der Waals surface area contributed by atoms with E-state index in [0.717, 1.165) is 17.3 Å². The summed E-state index contributed by atoms with van der Waals surface area (Å²) in [6.45, 7) is 1.96. The van der Waals surface area contributed by atoms with E-state index in [1.165, 1.54) is 5.56 Å². The standard InChI is InChI=1S/C19H18BrCl2NO2/c1-12(19(8-9-19)13-2-4-14(20)5-3-13)23-18(24)11-25-17-7-6-15(21)10-16(17)22/h2-7,10,12H,8-9,11H2,1H3,(H,23,24). The first-order valence-corrected chi connectivity index (χ1v) is 9.59. The number of ether oxygens (including phenoxy) is 1. The zero-order chi connectivity index (χ0) is 18.0. The zero-order valence-electron chi connectivity index (χ0n) is 13.7. The third kappa shape index (κ3) is 4.30. The van der Waals surface area contributed by atoms with Crippen LogP contribution in [0, 0.1) is 0 Å². The first kappa shape index (κ1) is 18.6. The molecule has 3 rings (SSSR count). The Hall–Kier alpha value is -1.23. The molecule has 6 heteroatoms. The number of nitrogens with one attached hydrogen (secondary N) is 1. The van der Waals surface area contributed by atoms with Crippen molar-refractivity contribution in [3.05, 3.63) is 62.5 Å². The number of carbonyl (C=O) groups excluding carboxylic acids is 1. The second-order valence-corrected chi connectivity index (χ2v) is 8.07. The Kier molecular flexibility index (Phi) is 5.62. The molecule has 132 valence electrons. The van der Waals surface area contributed by atoms with Crippen LogP contribution < -0.4 is 10.1 Å². The normalized spacial score (nSPS) is 16.2. The number of benzene rings is 2. The third-order valence-corrected chi connectivity index (χ3v) is 5.73. The van der Waals surface area contributed by atoms with Crippen molar-refractivity contribution in [2.75, 3.05) is 6.61 Å². The van der Waals surface area contributed by atoms with Gasteiger partial charge in [-0.25, -0.2) is 0 Å². The summed E-state index contributed by atoms with van der Waals surface area (Å²) in [5.41, 5.74) is 1.28. The summed E-state index contributed by atoms with van der Waals surface area (Å²) < 4.78 is 6.55. The van der Waals surface area contributed by atoms with Gasteiger partial charge in [0.1, 0.15) is 5.75 Å². The molecule has 1 unspecified atom stereocenters. The maximum Gasteiger partial charge on any atom is 0.258 e. The van der Waals surface area contributed by atoms with E-state index >= 15 is 0 Å². The lowest BCUT2D eigenvalue weighted by atomic mass is 9.89. The molecule has 25 heavy (non-hydrogen) atoms. The molecule has 1 fully saturated rings. The summed E-state index contributed by atoms with van der Waals surface area (Å²) in [6, 6.07) is 13.3. The first-order chi connectivity index (χ1) is 11.9. The fourth-order valence-electron chi connectivity index (χ4n) is 3.05. The predicted molar refractivity (Wildman–Crippen MR) is 105 cm³/mol. The van der Waals surface area contributed by atoms with Crippen LogP contribution in [-0.2, 0) is 10.2 Å². The van der Waals surface area contributed by atoms with E-state index in [0.29, 0.717) is 15.8 Å². The molecule has 0 saturated heterocycles. The summed E-state index contributed by atoms with van der Waals surface area (Å²) in [4.78, 5) is 12.3. The summed E-state index contributed by atoms with van der Waals surface area (Å²) in [6.07, 6.45) is 2.14. The topological polar surface area (TPSA) is 38.3 Å². The molecule has 0 aliphatic heterocycles. The summed E-state index contributed by atoms with van der Waals surface area (Å²) in [5, 5.41) is 3.97. The second kappa shape index (κ2) is 7.56. The summed E-state index contributed by atoms with van der Waals surface area (Å²) in [5.74, 6) is 0.282. The van der Waals surface area contributed by atoms with Gasteiger partial charge in [-0.1, -0.05) is 51.3 Å². The molecule has 1 amide bonds. The van der Waals surface area contributed by atoms with E-state index < -0.39 is 0 Å². The van der Waals surface area contributed by atoms with Gasteiger partial charge in [-0.3, -0.25) is 4.79 Å². The molecule has 1 aliphatic rings. The third-order valence-electron chi connectivity index (χ3n) is 4.67. The van der Waals surface area contributed by atoms with Crippen molar-refractivity contribution in [2.24, 2.45) is 0 Å². The Bertz CT molecular complexity index is 775. The molecule has 0 bridgehead atoms. The molecular weight excluding hydrogens is 425 g/mol. The second-order valence-electron chi connectivity index (χ2n) is 6.32. The average molecular weight is 443 g/mol. The largest absolute Gasteiger partial charge is 0.482 e. The Labute approximate surface area is 165 Å². The molecule has 1 aliphatic carbocycles. The van der Waals surface area contributed by atoms with Crippen LogP contribution in [0.15, 0.2) is 46.9 Å². The molecule has 1 atom stereocenters. The molecule has 0 spiro atoms. The molecule has 0 radical (unpaired) electrons. The van der Waals surface area contributed by atoms with Gasteiger partial charge in [-0.15, -0.1) is 0 Å². The Morgan fingerprint density at radius 2 is 1.92 bits per heavy atom. The van der Waals surface area contributed by atoms with Crippen LogP contribution in [0.5, 0.6) is 5.75 Å². The molecule has 0 heterocycles. The van der Waals surface area contributed by atoms with E-state index in [1.54, 1.807) is 18.2 Å². The van der Waals surface area contributed by atoms with E-state index in [1.807, 2.05) is 19.1 Å². The Morgan fingerprint density at radius 1 is 1.24 bits per heavy atom. The van der Waals surface area contributed by atoms with Crippen LogP contribution >= 0.6 is 39.1 Å². The Balaban J connectivity index is 1.58. The SMILES string of the molecule is CC(NC(=O)COc1ccc(Cl)cc1Cl)C1(c2ccc(Br)cc2)CC1. The van der Waals surface area contributed by atoms with E-state index in [9.17, 15) is 4.79 Å². The minimum absolute atomic E-state index is 0.0221. The van der Waals surface area contributed by atoms with Crippen molar-refractivity contribution in [1.82, 2.24) is 5.32 Å². The molecule has 2 aromatic carbocycles. The van der Waals surface area contributed by atoms with E-state index in [-0.39, 0.29) is 24.0 Å². The molecule has 1 N–H and O–H groups in total. The smallest absolute Gasteiger partial charge is 0.258 e.